The topological polar surface area (TPSA) is 30.5 Å². The second kappa shape index (κ2) is 8.13. The fraction of sp³-hybridized carbons (Fsp3) is 1.00. The van der Waals surface area contributed by atoms with Crippen LogP contribution in [0.25, 0.3) is 0 Å². The van der Waals surface area contributed by atoms with Gasteiger partial charge in [-0.05, 0) is 37.5 Å². The van der Waals surface area contributed by atoms with E-state index in [1.807, 2.05) is 0 Å². The number of ether oxygens (including phenoxy) is 2. The molecule has 0 aromatic heterocycles. The van der Waals surface area contributed by atoms with Crippen LogP contribution >= 0.6 is 0 Å². The van der Waals surface area contributed by atoms with Gasteiger partial charge in [-0.1, -0.05) is 19.8 Å². The normalized spacial score (nSPS) is 30.5. The molecule has 0 aromatic carbocycles. The first-order chi connectivity index (χ1) is 8.84. The minimum absolute atomic E-state index is 0.650. The van der Waals surface area contributed by atoms with Crippen molar-refractivity contribution >= 4 is 0 Å². The van der Waals surface area contributed by atoms with Gasteiger partial charge in [0.05, 0.1) is 6.61 Å². The van der Waals surface area contributed by atoms with Crippen LogP contribution in [-0.4, -0.2) is 39.0 Å². The number of nitrogens with one attached hydrogen (secondary N) is 1. The van der Waals surface area contributed by atoms with Gasteiger partial charge in [0.25, 0.3) is 0 Å². The van der Waals surface area contributed by atoms with Crippen LogP contribution in [0.15, 0.2) is 0 Å². The van der Waals surface area contributed by atoms with Gasteiger partial charge >= 0.3 is 0 Å². The van der Waals surface area contributed by atoms with Gasteiger partial charge < -0.3 is 14.8 Å². The average molecular weight is 255 g/mol. The minimum Gasteiger partial charge on any atom is -0.381 e. The molecular weight excluding hydrogens is 226 g/mol. The van der Waals surface area contributed by atoms with Crippen molar-refractivity contribution in [1.29, 1.82) is 0 Å². The molecule has 2 unspecified atom stereocenters. The molecule has 2 aliphatic rings. The lowest BCUT2D eigenvalue weighted by Gasteiger charge is -2.27. The highest BCUT2D eigenvalue weighted by molar-refractivity contribution is 4.71. The highest BCUT2D eigenvalue weighted by atomic mass is 16.5. The van der Waals surface area contributed by atoms with Crippen LogP contribution in [0.4, 0.5) is 0 Å². The molecule has 106 valence electrons. The van der Waals surface area contributed by atoms with E-state index in [-0.39, 0.29) is 0 Å². The molecule has 1 aliphatic heterocycles. The van der Waals surface area contributed by atoms with Crippen LogP contribution in [0.1, 0.15) is 45.4 Å². The van der Waals surface area contributed by atoms with Crippen molar-refractivity contribution in [3.63, 3.8) is 0 Å². The molecule has 1 aliphatic carbocycles. The number of rotatable bonds is 6. The predicted molar refractivity (Wildman–Crippen MR) is 73.8 cm³/mol. The molecule has 18 heavy (non-hydrogen) atoms. The van der Waals surface area contributed by atoms with E-state index in [0.717, 1.165) is 57.6 Å². The van der Waals surface area contributed by atoms with Gasteiger partial charge in [-0.3, -0.25) is 0 Å². The van der Waals surface area contributed by atoms with Gasteiger partial charge in [0.15, 0.2) is 0 Å². The summed E-state index contributed by atoms with van der Waals surface area (Å²) in [4.78, 5) is 0. The van der Waals surface area contributed by atoms with E-state index in [2.05, 4.69) is 12.2 Å². The Morgan fingerprint density at radius 3 is 2.78 bits per heavy atom. The van der Waals surface area contributed by atoms with Crippen LogP contribution in [0.3, 0.4) is 0 Å². The summed E-state index contributed by atoms with van der Waals surface area (Å²) in [5, 5.41) is 3.56. The maximum atomic E-state index is 5.82. The fourth-order valence-corrected chi connectivity index (χ4v) is 3.20. The molecule has 1 saturated heterocycles. The Morgan fingerprint density at radius 2 is 2.00 bits per heavy atom. The quantitative estimate of drug-likeness (QED) is 0.740. The van der Waals surface area contributed by atoms with Crippen LogP contribution < -0.4 is 5.32 Å². The molecular formula is C15H29NO2. The van der Waals surface area contributed by atoms with Gasteiger partial charge in [0, 0.05) is 32.4 Å². The van der Waals surface area contributed by atoms with Crippen molar-refractivity contribution in [2.45, 2.75) is 51.5 Å². The zero-order chi connectivity index (χ0) is 12.6. The summed E-state index contributed by atoms with van der Waals surface area (Å²) in [6.07, 6.45) is 7.86. The molecule has 2 atom stereocenters. The highest BCUT2D eigenvalue weighted by Gasteiger charge is 2.18. The van der Waals surface area contributed by atoms with Crippen molar-refractivity contribution in [2.75, 3.05) is 33.0 Å². The largest absolute Gasteiger partial charge is 0.381 e. The molecule has 0 aromatic rings. The van der Waals surface area contributed by atoms with E-state index in [1.54, 1.807) is 0 Å². The smallest absolute Gasteiger partial charge is 0.0591 e. The average Bonchev–Trinajstić information content (AvgIpc) is 2.40. The van der Waals surface area contributed by atoms with Crippen molar-refractivity contribution in [2.24, 2.45) is 11.8 Å². The van der Waals surface area contributed by atoms with E-state index in [1.165, 1.54) is 25.7 Å². The fourth-order valence-electron chi connectivity index (χ4n) is 3.20. The first-order valence-corrected chi connectivity index (χ1v) is 7.73. The summed E-state index contributed by atoms with van der Waals surface area (Å²) < 4.78 is 11.2. The third kappa shape index (κ3) is 5.25. The zero-order valence-electron chi connectivity index (χ0n) is 11.8. The predicted octanol–water partition coefficient (Wildman–Crippen LogP) is 2.60. The van der Waals surface area contributed by atoms with Crippen molar-refractivity contribution in [3.05, 3.63) is 0 Å². The zero-order valence-corrected chi connectivity index (χ0v) is 11.8. The minimum atomic E-state index is 0.650. The lowest BCUT2D eigenvalue weighted by atomic mass is 9.83. The Bertz CT molecular complexity index is 217. The summed E-state index contributed by atoms with van der Waals surface area (Å²) in [6.45, 7) is 7.03. The van der Waals surface area contributed by atoms with Gasteiger partial charge in [-0.2, -0.15) is 0 Å². The lowest BCUT2D eigenvalue weighted by Crippen LogP contribution is -2.36. The highest BCUT2D eigenvalue weighted by Crippen LogP contribution is 2.28. The summed E-state index contributed by atoms with van der Waals surface area (Å²) >= 11 is 0. The third-order valence-electron chi connectivity index (χ3n) is 4.30. The standard InChI is InChI=1S/C15H29NO2/c1-13-3-2-4-14(11-13)12-18-10-7-16-15-5-8-17-9-6-15/h13-16H,2-12H2,1H3. The van der Waals surface area contributed by atoms with Gasteiger partial charge in [-0.25, -0.2) is 0 Å². The molecule has 0 spiro atoms. The molecule has 3 heteroatoms. The first-order valence-electron chi connectivity index (χ1n) is 7.73. The van der Waals surface area contributed by atoms with E-state index >= 15 is 0 Å². The van der Waals surface area contributed by atoms with Crippen molar-refractivity contribution < 1.29 is 9.47 Å². The summed E-state index contributed by atoms with van der Waals surface area (Å²) in [6, 6.07) is 0.650. The second-order valence-corrected chi connectivity index (χ2v) is 6.05. The maximum Gasteiger partial charge on any atom is 0.0591 e. The van der Waals surface area contributed by atoms with E-state index in [0.29, 0.717) is 6.04 Å². The summed E-state index contributed by atoms with van der Waals surface area (Å²) in [5.41, 5.74) is 0. The molecule has 1 N–H and O–H groups in total. The van der Waals surface area contributed by atoms with Gasteiger partial charge in [0.1, 0.15) is 0 Å². The monoisotopic (exact) mass is 255 g/mol. The molecule has 0 amide bonds. The second-order valence-electron chi connectivity index (χ2n) is 6.05. The molecule has 3 nitrogen and oxygen atoms in total. The van der Waals surface area contributed by atoms with Gasteiger partial charge in [-0.15, -0.1) is 0 Å². The van der Waals surface area contributed by atoms with Crippen LogP contribution in [0, 0.1) is 11.8 Å². The van der Waals surface area contributed by atoms with Crippen LogP contribution in [-0.2, 0) is 9.47 Å². The van der Waals surface area contributed by atoms with Crippen LogP contribution in [0.5, 0.6) is 0 Å². The number of hydrogen-bond acceptors (Lipinski definition) is 3. The molecule has 0 radical (unpaired) electrons. The van der Waals surface area contributed by atoms with Crippen molar-refractivity contribution in [3.8, 4) is 0 Å². The molecule has 0 bridgehead atoms. The third-order valence-corrected chi connectivity index (χ3v) is 4.30. The van der Waals surface area contributed by atoms with Gasteiger partial charge in [0.2, 0.25) is 0 Å². The summed E-state index contributed by atoms with van der Waals surface area (Å²) in [7, 11) is 0. The Hall–Kier alpha value is -0.120. The Balaban J connectivity index is 1.45. The van der Waals surface area contributed by atoms with Crippen molar-refractivity contribution in [1.82, 2.24) is 5.32 Å². The molecule has 2 fully saturated rings. The Labute approximate surface area is 112 Å². The Morgan fingerprint density at radius 1 is 1.17 bits per heavy atom. The molecule has 1 heterocycles. The first kappa shape index (κ1) is 14.3. The van der Waals surface area contributed by atoms with E-state index in [9.17, 15) is 0 Å². The van der Waals surface area contributed by atoms with Crippen LogP contribution in [0.2, 0.25) is 0 Å². The number of hydrogen-bond donors (Lipinski definition) is 1. The molecule has 2 rings (SSSR count). The molecule has 1 saturated carbocycles. The van der Waals surface area contributed by atoms with E-state index < -0.39 is 0 Å². The van der Waals surface area contributed by atoms with E-state index in [4.69, 9.17) is 9.47 Å². The lowest BCUT2D eigenvalue weighted by molar-refractivity contribution is 0.0621. The SMILES string of the molecule is CC1CCCC(COCCNC2CCOCC2)C1. The summed E-state index contributed by atoms with van der Waals surface area (Å²) in [5.74, 6) is 1.73. The maximum absolute atomic E-state index is 5.82. The Kier molecular flexibility index (Phi) is 6.46.